The SMILES string of the molecule is CC.O=[N+]([O-])c1c(Cl)nc2ccccc2c1Cl. The number of hydrogen-bond acceptors (Lipinski definition) is 3. The van der Waals surface area contributed by atoms with Gasteiger partial charge in [-0.05, 0) is 6.07 Å². The van der Waals surface area contributed by atoms with Crippen LogP contribution in [-0.2, 0) is 0 Å². The minimum absolute atomic E-state index is 0.0237. The highest BCUT2D eigenvalue weighted by Gasteiger charge is 2.21. The standard InChI is InChI=1S/C9H4Cl2N2O2.C2H6/c10-7-5-3-1-2-4-6(5)12-9(11)8(7)13(14)15;1-2/h1-4H;1-2H3. The van der Waals surface area contributed by atoms with Gasteiger partial charge in [-0.15, -0.1) is 0 Å². The van der Waals surface area contributed by atoms with Gasteiger partial charge in [-0.1, -0.05) is 55.2 Å². The zero-order valence-corrected chi connectivity index (χ0v) is 10.8. The number of hydrogen-bond donors (Lipinski definition) is 0. The molecule has 0 atom stereocenters. The number of benzene rings is 1. The van der Waals surface area contributed by atoms with Crippen LogP contribution in [0.5, 0.6) is 0 Å². The van der Waals surface area contributed by atoms with Crippen LogP contribution in [0.1, 0.15) is 13.8 Å². The summed E-state index contributed by atoms with van der Waals surface area (Å²) in [6.45, 7) is 4.00. The summed E-state index contributed by atoms with van der Waals surface area (Å²) in [6, 6.07) is 6.84. The van der Waals surface area contributed by atoms with E-state index in [4.69, 9.17) is 23.2 Å². The van der Waals surface area contributed by atoms with E-state index in [1.54, 1.807) is 24.3 Å². The summed E-state index contributed by atoms with van der Waals surface area (Å²) < 4.78 is 0. The second kappa shape index (κ2) is 5.80. The van der Waals surface area contributed by atoms with Gasteiger partial charge in [0.05, 0.1) is 10.4 Å². The van der Waals surface area contributed by atoms with Crippen LogP contribution < -0.4 is 0 Å². The van der Waals surface area contributed by atoms with Crippen molar-refractivity contribution in [1.82, 2.24) is 4.98 Å². The van der Waals surface area contributed by atoms with Crippen LogP contribution in [-0.4, -0.2) is 9.91 Å². The van der Waals surface area contributed by atoms with Crippen molar-refractivity contribution in [2.45, 2.75) is 13.8 Å². The lowest BCUT2D eigenvalue weighted by molar-refractivity contribution is -0.384. The zero-order chi connectivity index (χ0) is 13.0. The molecule has 2 aromatic rings. The van der Waals surface area contributed by atoms with E-state index in [1.807, 2.05) is 13.8 Å². The maximum Gasteiger partial charge on any atom is 0.325 e. The maximum absolute atomic E-state index is 10.7. The Morgan fingerprint density at radius 1 is 1.24 bits per heavy atom. The van der Waals surface area contributed by atoms with Gasteiger partial charge in [-0.3, -0.25) is 10.1 Å². The van der Waals surface area contributed by atoms with Crippen molar-refractivity contribution in [2.24, 2.45) is 0 Å². The number of nitrogens with zero attached hydrogens (tertiary/aromatic N) is 2. The largest absolute Gasteiger partial charge is 0.325 e. The maximum atomic E-state index is 10.7. The molecule has 2 rings (SSSR count). The Hall–Kier alpha value is -1.39. The van der Waals surface area contributed by atoms with E-state index in [-0.39, 0.29) is 15.9 Å². The molecule has 0 aliphatic heterocycles. The number of halogens is 2. The van der Waals surface area contributed by atoms with Gasteiger partial charge in [0.2, 0.25) is 5.15 Å². The van der Waals surface area contributed by atoms with E-state index in [1.165, 1.54) is 0 Å². The number of nitro groups is 1. The molecule has 0 bridgehead atoms. The summed E-state index contributed by atoms with van der Waals surface area (Å²) in [5.74, 6) is 0. The van der Waals surface area contributed by atoms with Crippen molar-refractivity contribution >= 4 is 39.8 Å². The molecule has 1 aromatic heterocycles. The molecule has 1 heterocycles. The normalized spacial score (nSPS) is 9.65. The van der Waals surface area contributed by atoms with E-state index < -0.39 is 4.92 Å². The Balaban J connectivity index is 0.000000686. The molecule has 6 heteroatoms. The van der Waals surface area contributed by atoms with Crippen LogP contribution in [0.4, 0.5) is 5.69 Å². The first kappa shape index (κ1) is 13.7. The van der Waals surface area contributed by atoms with Crippen molar-refractivity contribution in [1.29, 1.82) is 0 Å². The molecule has 1 aromatic carbocycles. The van der Waals surface area contributed by atoms with Gasteiger partial charge in [0, 0.05) is 5.39 Å². The molecular formula is C11H10Cl2N2O2. The Kier molecular flexibility index (Phi) is 4.66. The smallest absolute Gasteiger partial charge is 0.258 e. The van der Waals surface area contributed by atoms with Crippen molar-refractivity contribution in [3.63, 3.8) is 0 Å². The van der Waals surface area contributed by atoms with Gasteiger partial charge in [0.25, 0.3) is 0 Å². The summed E-state index contributed by atoms with van der Waals surface area (Å²) in [6.07, 6.45) is 0. The molecular weight excluding hydrogens is 263 g/mol. The molecule has 0 unspecified atom stereocenters. The third-order valence-electron chi connectivity index (χ3n) is 1.95. The van der Waals surface area contributed by atoms with Gasteiger partial charge < -0.3 is 0 Å². The summed E-state index contributed by atoms with van der Waals surface area (Å²) >= 11 is 11.5. The zero-order valence-electron chi connectivity index (χ0n) is 9.28. The number of rotatable bonds is 1. The molecule has 0 radical (unpaired) electrons. The van der Waals surface area contributed by atoms with E-state index >= 15 is 0 Å². The molecule has 4 nitrogen and oxygen atoms in total. The van der Waals surface area contributed by atoms with E-state index in [0.717, 1.165) is 0 Å². The summed E-state index contributed by atoms with van der Waals surface area (Å²) in [5.41, 5.74) is 0.190. The summed E-state index contributed by atoms with van der Waals surface area (Å²) in [5, 5.41) is 11.0. The molecule has 0 N–H and O–H groups in total. The van der Waals surface area contributed by atoms with Crippen LogP contribution in [0.25, 0.3) is 10.9 Å². The first-order chi connectivity index (χ1) is 8.11. The monoisotopic (exact) mass is 272 g/mol. The molecule has 0 fully saturated rings. The third-order valence-corrected chi connectivity index (χ3v) is 2.59. The summed E-state index contributed by atoms with van der Waals surface area (Å²) in [4.78, 5) is 13.9. The molecule has 0 aliphatic rings. The predicted octanol–water partition coefficient (Wildman–Crippen LogP) is 4.48. The lowest BCUT2D eigenvalue weighted by Crippen LogP contribution is -1.93. The summed E-state index contributed by atoms with van der Waals surface area (Å²) in [7, 11) is 0. The minimum Gasteiger partial charge on any atom is -0.258 e. The number of para-hydroxylation sites is 1. The van der Waals surface area contributed by atoms with Gasteiger partial charge in [-0.2, -0.15) is 0 Å². The molecule has 0 saturated carbocycles. The van der Waals surface area contributed by atoms with Crippen LogP contribution in [0.3, 0.4) is 0 Å². The number of fused-ring (bicyclic) bond motifs is 1. The lowest BCUT2D eigenvalue weighted by Gasteiger charge is -2.01. The molecule has 17 heavy (non-hydrogen) atoms. The lowest BCUT2D eigenvalue weighted by atomic mass is 10.2. The van der Waals surface area contributed by atoms with Crippen LogP contribution in [0, 0.1) is 10.1 Å². The van der Waals surface area contributed by atoms with Crippen molar-refractivity contribution < 1.29 is 4.92 Å². The van der Waals surface area contributed by atoms with Gasteiger partial charge in [-0.25, -0.2) is 4.98 Å². The third kappa shape index (κ3) is 2.65. The second-order valence-corrected chi connectivity index (χ2v) is 3.58. The Morgan fingerprint density at radius 2 is 1.82 bits per heavy atom. The van der Waals surface area contributed by atoms with Crippen LogP contribution >= 0.6 is 23.2 Å². The van der Waals surface area contributed by atoms with Crippen molar-refractivity contribution in [3.8, 4) is 0 Å². The highest BCUT2D eigenvalue weighted by Crippen LogP contribution is 2.36. The fourth-order valence-corrected chi connectivity index (χ4v) is 1.91. The van der Waals surface area contributed by atoms with Gasteiger partial charge >= 0.3 is 5.69 Å². The molecule has 0 aliphatic carbocycles. The fraction of sp³-hybridized carbons (Fsp3) is 0.182. The van der Waals surface area contributed by atoms with Crippen LogP contribution in [0.2, 0.25) is 10.2 Å². The molecule has 0 amide bonds. The van der Waals surface area contributed by atoms with Crippen LogP contribution in [0.15, 0.2) is 24.3 Å². The highest BCUT2D eigenvalue weighted by molar-refractivity contribution is 6.41. The molecule has 0 spiro atoms. The van der Waals surface area contributed by atoms with Crippen molar-refractivity contribution in [2.75, 3.05) is 0 Å². The number of pyridine rings is 1. The van der Waals surface area contributed by atoms with E-state index in [0.29, 0.717) is 10.9 Å². The number of aromatic nitrogens is 1. The molecule has 0 saturated heterocycles. The Morgan fingerprint density at radius 3 is 2.41 bits per heavy atom. The quantitative estimate of drug-likeness (QED) is 0.437. The van der Waals surface area contributed by atoms with Gasteiger partial charge in [0.1, 0.15) is 5.02 Å². The Labute approximate surface area is 108 Å². The first-order valence-electron chi connectivity index (χ1n) is 4.99. The minimum atomic E-state index is -0.635. The Bertz CT molecular complexity index is 558. The average molecular weight is 273 g/mol. The first-order valence-corrected chi connectivity index (χ1v) is 5.75. The second-order valence-electron chi connectivity index (χ2n) is 2.84. The van der Waals surface area contributed by atoms with Crippen molar-refractivity contribution in [3.05, 3.63) is 44.6 Å². The topological polar surface area (TPSA) is 56.0 Å². The molecule has 90 valence electrons. The van der Waals surface area contributed by atoms with Gasteiger partial charge in [0.15, 0.2) is 0 Å². The fourth-order valence-electron chi connectivity index (χ4n) is 1.29. The highest BCUT2D eigenvalue weighted by atomic mass is 35.5. The predicted molar refractivity (Wildman–Crippen MR) is 69.8 cm³/mol. The van der Waals surface area contributed by atoms with E-state index in [2.05, 4.69) is 4.98 Å². The average Bonchev–Trinajstić information content (AvgIpc) is 2.31. The van der Waals surface area contributed by atoms with E-state index in [9.17, 15) is 10.1 Å².